The number of pyridine rings is 1. The third kappa shape index (κ3) is 7.11. The Kier molecular flexibility index (Phi) is 10.3. The zero-order valence-electron chi connectivity index (χ0n) is 18.9. The van der Waals surface area contributed by atoms with E-state index < -0.39 is 0 Å². The van der Waals surface area contributed by atoms with Crippen molar-refractivity contribution in [3.05, 3.63) is 66.4 Å². The number of imidazole rings is 1. The highest BCUT2D eigenvalue weighted by Crippen LogP contribution is 2.26. The van der Waals surface area contributed by atoms with Crippen molar-refractivity contribution in [2.24, 2.45) is 4.99 Å². The van der Waals surface area contributed by atoms with Gasteiger partial charge in [-0.25, -0.2) is 15.0 Å². The maximum absolute atomic E-state index is 6.00. The highest BCUT2D eigenvalue weighted by atomic mass is 127. The highest BCUT2D eigenvalue weighted by Gasteiger charge is 2.09. The van der Waals surface area contributed by atoms with Crippen molar-refractivity contribution in [1.29, 1.82) is 0 Å². The quantitative estimate of drug-likeness (QED) is 0.240. The standard InChI is InChI=1S/C23H30N6O2.HI/c1-5-24-23(27-14-17(2)31-21-9-7-6-8-20(21)30-4)28-16-19-10-11-22(26-15-19)29-13-12-25-18(29)3;/h6-13,15,17H,5,14,16H2,1-4H3,(H2,24,27,28);1H. The first-order valence-electron chi connectivity index (χ1n) is 10.4. The number of aliphatic imine (C=N–C) groups is 1. The van der Waals surface area contributed by atoms with Gasteiger partial charge in [0.05, 0.1) is 20.2 Å². The molecule has 32 heavy (non-hydrogen) atoms. The Morgan fingerprint density at radius 3 is 2.53 bits per heavy atom. The summed E-state index contributed by atoms with van der Waals surface area (Å²) in [4.78, 5) is 13.4. The van der Waals surface area contributed by atoms with Crippen molar-refractivity contribution < 1.29 is 9.47 Å². The zero-order valence-corrected chi connectivity index (χ0v) is 21.2. The molecule has 0 aliphatic carbocycles. The molecular formula is C23H31IN6O2. The fraction of sp³-hybridized carbons (Fsp3) is 0.348. The lowest BCUT2D eigenvalue weighted by Crippen LogP contribution is -2.41. The van der Waals surface area contributed by atoms with Crippen LogP contribution in [0, 0.1) is 6.92 Å². The summed E-state index contributed by atoms with van der Waals surface area (Å²) in [5.41, 5.74) is 1.03. The van der Waals surface area contributed by atoms with Gasteiger partial charge in [0.25, 0.3) is 0 Å². The number of benzene rings is 1. The van der Waals surface area contributed by atoms with Gasteiger partial charge in [-0.05, 0) is 44.5 Å². The number of guanidine groups is 1. The van der Waals surface area contributed by atoms with Gasteiger partial charge in [0.1, 0.15) is 17.7 Å². The van der Waals surface area contributed by atoms with Crippen molar-refractivity contribution in [1.82, 2.24) is 25.2 Å². The second-order valence-electron chi connectivity index (χ2n) is 7.02. The Labute approximate surface area is 206 Å². The molecule has 2 N–H and O–H groups in total. The van der Waals surface area contributed by atoms with Crippen LogP contribution in [0.15, 0.2) is 60.0 Å². The van der Waals surface area contributed by atoms with E-state index in [2.05, 4.69) is 25.6 Å². The van der Waals surface area contributed by atoms with Crippen LogP contribution in [0.25, 0.3) is 5.82 Å². The maximum atomic E-state index is 6.00. The average Bonchev–Trinajstić information content (AvgIpc) is 3.22. The molecule has 0 radical (unpaired) electrons. The average molecular weight is 550 g/mol. The summed E-state index contributed by atoms with van der Waals surface area (Å²) in [6.07, 6.45) is 5.44. The van der Waals surface area contributed by atoms with Crippen LogP contribution in [-0.4, -0.2) is 46.8 Å². The monoisotopic (exact) mass is 550 g/mol. The molecule has 0 saturated carbocycles. The second kappa shape index (κ2) is 12.9. The number of hydrogen-bond donors (Lipinski definition) is 2. The van der Waals surface area contributed by atoms with Gasteiger partial charge < -0.3 is 20.1 Å². The molecule has 1 unspecified atom stereocenters. The van der Waals surface area contributed by atoms with E-state index in [1.807, 2.05) is 74.1 Å². The van der Waals surface area contributed by atoms with Gasteiger partial charge >= 0.3 is 0 Å². The lowest BCUT2D eigenvalue weighted by atomic mass is 10.3. The minimum atomic E-state index is -0.0699. The third-order valence-corrected chi connectivity index (χ3v) is 4.60. The van der Waals surface area contributed by atoms with Gasteiger partial charge in [-0.3, -0.25) is 4.57 Å². The number of halogens is 1. The summed E-state index contributed by atoms with van der Waals surface area (Å²) < 4.78 is 13.3. The highest BCUT2D eigenvalue weighted by molar-refractivity contribution is 14.0. The molecule has 2 aromatic heterocycles. The van der Waals surface area contributed by atoms with Crippen LogP contribution in [0.3, 0.4) is 0 Å². The van der Waals surface area contributed by atoms with Gasteiger partial charge in [0.15, 0.2) is 17.5 Å². The van der Waals surface area contributed by atoms with Crippen LogP contribution in [-0.2, 0) is 6.54 Å². The van der Waals surface area contributed by atoms with E-state index in [1.54, 1.807) is 13.3 Å². The number of rotatable bonds is 9. The number of nitrogens with zero attached hydrogens (tertiary/aromatic N) is 4. The number of aromatic nitrogens is 3. The molecule has 0 amide bonds. The Morgan fingerprint density at radius 1 is 1.12 bits per heavy atom. The molecule has 3 aromatic rings. The molecule has 0 aliphatic heterocycles. The predicted octanol–water partition coefficient (Wildman–Crippen LogP) is 3.72. The van der Waals surface area contributed by atoms with Gasteiger partial charge in [0, 0.05) is 25.1 Å². The molecule has 0 spiro atoms. The first-order chi connectivity index (χ1) is 15.1. The van der Waals surface area contributed by atoms with Crippen molar-refractivity contribution >= 4 is 29.9 Å². The summed E-state index contributed by atoms with van der Waals surface area (Å²) in [6.45, 7) is 7.88. The molecule has 0 bridgehead atoms. The van der Waals surface area contributed by atoms with Gasteiger partial charge in [-0.2, -0.15) is 0 Å². The Bertz CT molecular complexity index is 990. The number of hydrogen-bond acceptors (Lipinski definition) is 5. The van der Waals surface area contributed by atoms with E-state index in [9.17, 15) is 0 Å². The number of para-hydroxylation sites is 2. The van der Waals surface area contributed by atoms with Crippen LogP contribution < -0.4 is 20.1 Å². The molecule has 1 aromatic carbocycles. The maximum Gasteiger partial charge on any atom is 0.191 e. The molecule has 9 heteroatoms. The largest absolute Gasteiger partial charge is 0.493 e. The number of methoxy groups -OCH3 is 1. The molecule has 3 rings (SSSR count). The summed E-state index contributed by atoms with van der Waals surface area (Å²) in [6, 6.07) is 11.6. The summed E-state index contributed by atoms with van der Waals surface area (Å²) in [7, 11) is 1.64. The first kappa shape index (κ1) is 25.4. The lowest BCUT2D eigenvalue weighted by Gasteiger charge is -2.19. The van der Waals surface area contributed by atoms with E-state index in [1.165, 1.54) is 0 Å². The van der Waals surface area contributed by atoms with E-state index in [0.29, 0.717) is 13.1 Å². The normalized spacial score (nSPS) is 11.9. The number of ether oxygens (including phenoxy) is 2. The van der Waals surface area contributed by atoms with Crippen LogP contribution >= 0.6 is 24.0 Å². The van der Waals surface area contributed by atoms with Gasteiger partial charge in [-0.15, -0.1) is 24.0 Å². The molecule has 172 valence electrons. The van der Waals surface area contributed by atoms with Crippen molar-refractivity contribution in [3.63, 3.8) is 0 Å². The second-order valence-corrected chi connectivity index (χ2v) is 7.02. The minimum Gasteiger partial charge on any atom is -0.493 e. The van der Waals surface area contributed by atoms with Gasteiger partial charge in [-0.1, -0.05) is 18.2 Å². The Hall–Kier alpha value is -2.82. The summed E-state index contributed by atoms with van der Waals surface area (Å²) >= 11 is 0. The van der Waals surface area contributed by atoms with Crippen molar-refractivity contribution in [2.75, 3.05) is 20.2 Å². The summed E-state index contributed by atoms with van der Waals surface area (Å²) in [5.74, 6) is 3.92. The summed E-state index contributed by atoms with van der Waals surface area (Å²) in [5, 5.41) is 6.59. The van der Waals surface area contributed by atoms with Crippen molar-refractivity contribution in [3.8, 4) is 17.3 Å². The molecular weight excluding hydrogens is 519 g/mol. The zero-order chi connectivity index (χ0) is 22.1. The Balaban J connectivity index is 0.00000363. The van der Waals surface area contributed by atoms with Crippen LogP contribution in [0.2, 0.25) is 0 Å². The smallest absolute Gasteiger partial charge is 0.191 e. The van der Waals surface area contributed by atoms with Crippen LogP contribution in [0.4, 0.5) is 0 Å². The molecule has 0 aliphatic rings. The van der Waals surface area contributed by atoms with E-state index in [4.69, 9.17) is 9.47 Å². The van der Waals surface area contributed by atoms with E-state index in [-0.39, 0.29) is 30.1 Å². The van der Waals surface area contributed by atoms with E-state index in [0.717, 1.165) is 41.2 Å². The fourth-order valence-electron chi connectivity index (χ4n) is 3.00. The molecule has 0 fully saturated rings. The van der Waals surface area contributed by atoms with E-state index >= 15 is 0 Å². The number of nitrogens with one attached hydrogen (secondary N) is 2. The molecule has 0 saturated heterocycles. The predicted molar refractivity (Wildman–Crippen MR) is 137 cm³/mol. The topological polar surface area (TPSA) is 85.6 Å². The fourth-order valence-corrected chi connectivity index (χ4v) is 3.00. The van der Waals surface area contributed by atoms with Crippen LogP contribution in [0.1, 0.15) is 25.2 Å². The van der Waals surface area contributed by atoms with Crippen molar-refractivity contribution in [2.45, 2.75) is 33.4 Å². The SMILES string of the molecule is CCNC(=NCc1ccc(-n2ccnc2C)nc1)NCC(C)Oc1ccccc1OC.I. The van der Waals surface area contributed by atoms with Gasteiger partial charge in [0.2, 0.25) is 0 Å². The first-order valence-corrected chi connectivity index (χ1v) is 10.4. The lowest BCUT2D eigenvalue weighted by molar-refractivity contribution is 0.213. The number of aryl methyl sites for hydroxylation is 1. The minimum absolute atomic E-state index is 0. The third-order valence-electron chi connectivity index (χ3n) is 4.60. The van der Waals surface area contributed by atoms with Crippen LogP contribution in [0.5, 0.6) is 11.5 Å². The molecule has 8 nitrogen and oxygen atoms in total. The Morgan fingerprint density at radius 2 is 1.91 bits per heavy atom. The molecule has 1 atom stereocenters. The molecule has 2 heterocycles.